The molecule has 176 valence electrons. The van der Waals surface area contributed by atoms with Gasteiger partial charge in [0.1, 0.15) is 30.3 Å². The molecule has 10 nitrogen and oxygen atoms in total. The Hall–Kier alpha value is -3.11. The van der Waals surface area contributed by atoms with Crippen molar-refractivity contribution >= 4 is 17.9 Å². The zero-order chi connectivity index (χ0) is 23.7. The Kier molecular flexibility index (Phi) is 9.48. The van der Waals surface area contributed by atoms with E-state index in [0.717, 1.165) is 0 Å². The van der Waals surface area contributed by atoms with E-state index in [9.17, 15) is 14.4 Å². The first-order valence-corrected chi connectivity index (χ1v) is 9.91. The zero-order valence-corrected chi connectivity index (χ0v) is 18.5. The molecule has 0 N–H and O–H groups in total. The first-order chi connectivity index (χ1) is 15.2. The van der Waals surface area contributed by atoms with Crippen molar-refractivity contribution in [2.24, 2.45) is 0 Å². The van der Waals surface area contributed by atoms with E-state index in [4.69, 9.17) is 33.2 Å². The van der Waals surface area contributed by atoms with Crippen molar-refractivity contribution in [3.05, 3.63) is 36.9 Å². The fourth-order valence-corrected chi connectivity index (χ4v) is 3.12. The van der Waals surface area contributed by atoms with Crippen molar-refractivity contribution in [3.8, 4) is 11.5 Å². The Balaban J connectivity index is 2.39. The van der Waals surface area contributed by atoms with E-state index in [2.05, 4.69) is 6.58 Å². The number of carbonyl (C=O) groups excluding carboxylic acids is 3. The van der Waals surface area contributed by atoms with Gasteiger partial charge in [0.2, 0.25) is 6.29 Å². The predicted octanol–water partition coefficient (Wildman–Crippen LogP) is 1.80. The summed E-state index contributed by atoms with van der Waals surface area (Å²) in [4.78, 5) is 35.0. The summed E-state index contributed by atoms with van der Waals surface area (Å²) in [5.74, 6) is -0.766. The largest absolute Gasteiger partial charge is 0.497 e. The van der Waals surface area contributed by atoms with Crippen LogP contribution in [0, 0.1) is 0 Å². The van der Waals surface area contributed by atoms with Crippen molar-refractivity contribution in [1.29, 1.82) is 0 Å². The van der Waals surface area contributed by atoms with Gasteiger partial charge in [-0.1, -0.05) is 6.08 Å². The van der Waals surface area contributed by atoms with E-state index >= 15 is 0 Å². The minimum absolute atomic E-state index is 0.0652. The van der Waals surface area contributed by atoms with Crippen LogP contribution >= 0.6 is 0 Å². The lowest BCUT2D eigenvalue weighted by atomic mass is 9.98. The average Bonchev–Trinajstić information content (AvgIpc) is 2.73. The molecule has 0 unspecified atom stereocenters. The lowest BCUT2D eigenvalue weighted by molar-refractivity contribution is -0.291. The van der Waals surface area contributed by atoms with Crippen molar-refractivity contribution < 1.29 is 47.5 Å². The maximum Gasteiger partial charge on any atom is 0.303 e. The third-order valence-corrected chi connectivity index (χ3v) is 4.36. The minimum atomic E-state index is -1.16. The van der Waals surface area contributed by atoms with Gasteiger partial charge >= 0.3 is 17.9 Å². The van der Waals surface area contributed by atoms with Crippen LogP contribution in [0.1, 0.15) is 20.8 Å². The maximum atomic E-state index is 11.8. The molecule has 1 fully saturated rings. The van der Waals surface area contributed by atoms with Gasteiger partial charge in [-0.25, -0.2) is 0 Å². The SMILES string of the molecule is C=CCO[C@@H]1[C@@H](OC(C)=O)[C@@H](Oc2ccc(OC)cc2)O[C@H](COC(C)=O)[C@H]1OC(C)=O. The van der Waals surface area contributed by atoms with E-state index in [1.54, 1.807) is 24.3 Å². The lowest BCUT2D eigenvalue weighted by Crippen LogP contribution is -2.63. The molecule has 0 radical (unpaired) electrons. The van der Waals surface area contributed by atoms with Crippen molar-refractivity contribution in [1.82, 2.24) is 0 Å². The number of benzene rings is 1. The lowest BCUT2D eigenvalue weighted by Gasteiger charge is -2.44. The second-order valence-electron chi connectivity index (χ2n) is 6.87. The standard InChI is InChI=1S/C22H28O10/c1-6-11-27-20-19(29-14(3)24)18(12-28-13(2)23)32-22(21(20)30-15(4)25)31-17-9-7-16(26-5)8-10-17/h6-10,18-22H,1,11-12H2,2-5H3/t18-,19-,20+,21-,22+/m1/s1. The van der Waals surface area contributed by atoms with E-state index in [1.165, 1.54) is 34.0 Å². The van der Waals surface area contributed by atoms with Gasteiger partial charge in [0.05, 0.1) is 13.7 Å². The fraction of sp³-hybridized carbons (Fsp3) is 0.500. The summed E-state index contributed by atoms with van der Waals surface area (Å²) < 4.78 is 38.7. The molecule has 1 aromatic carbocycles. The summed E-state index contributed by atoms with van der Waals surface area (Å²) >= 11 is 0. The van der Waals surface area contributed by atoms with Crippen LogP contribution < -0.4 is 9.47 Å². The van der Waals surface area contributed by atoms with Crippen molar-refractivity contribution in [3.63, 3.8) is 0 Å². The first kappa shape index (κ1) is 25.2. The quantitative estimate of drug-likeness (QED) is 0.296. The monoisotopic (exact) mass is 452 g/mol. The second kappa shape index (κ2) is 12.1. The summed E-state index contributed by atoms with van der Waals surface area (Å²) in [5, 5.41) is 0. The number of ether oxygens (including phenoxy) is 7. The molecule has 0 bridgehead atoms. The van der Waals surface area contributed by atoms with Crippen LogP contribution in [-0.2, 0) is 38.1 Å². The highest BCUT2D eigenvalue weighted by Crippen LogP contribution is 2.31. The van der Waals surface area contributed by atoms with E-state index in [1.807, 2.05) is 0 Å². The van der Waals surface area contributed by atoms with Crippen LogP contribution in [0.15, 0.2) is 36.9 Å². The number of hydrogen-bond donors (Lipinski definition) is 0. The molecule has 1 heterocycles. The molecule has 0 aliphatic carbocycles. The Morgan fingerprint density at radius 1 is 0.938 bits per heavy atom. The maximum absolute atomic E-state index is 11.8. The Morgan fingerprint density at radius 3 is 2.06 bits per heavy atom. The topological polar surface area (TPSA) is 116 Å². The molecule has 1 saturated heterocycles. The number of carbonyl (C=O) groups is 3. The smallest absolute Gasteiger partial charge is 0.303 e. The summed E-state index contributed by atoms with van der Waals surface area (Å²) in [6.45, 7) is 7.12. The Bertz CT molecular complexity index is 790. The van der Waals surface area contributed by atoms with Gasteiger partial charge in [-0.15, -0.1) is 6.58 Å². The third-order valence-electron chi connectivity index (χ3n) is 4.36. The van der Waals surface area contributed by atoms with Gasteiger partial charge in [0.15, 0.2) is 12.2 Å². The van der Waals surface area contributed by atoms with Crippen molar-refractivity contribution in [2.45, 2.75) is 51.5 Å². The van der Waals surface area contributed by atoms with Gasteiger partial charge in [-0.05, 0) is 24.3 Å². The molecular weight excluding hydrogens is 424 g/mol. The summed E-state index contributed by atoms with van der Waals surface area (Å²) in [7, 11) is 1.53. The van der Waals surface area contributed by atoms with E-state index < -0.39 is 48.6 Å². The number of methoxy groups -OCH3 is 1. The van der Waals surface area contributed by atoms with Crippen LogP contribution in [0.3, 0.4) is 0 Å². The van der Waals surface area contributed by atoms with Gasteiger partial charge in [-0.3, -0.25) is 14.4 Å². The summed E-state index contributed by atoms with van der Waals surface area (Å²) in [5.41, 5.74) is 0. The molecule has 2 rings (SSSR count). The van der Waals surface area contributed by atoms with Crippen LogP contribution in [-0.4, -0.2) is 68.9 Å². The highest BCUT2D eigenvalue weighted by Gasteiger charge is 2.52. The molecule has 0 spiro atoms. The fourth-order valence-electron chi connectivity index (χ4n) is 3.12. The molecule has 5 atom stereocenters. The Morgan fingerprint density at radius 2 is 1.53 bits per heavy atom. The van der Waals surface area contributed by atoms with Crippen molar-refractivity contribution in [2.75, 3.05) is 20.3 Å². The Labute approximate surface area is 186 Å². The number of rotatable bonds is 10. The molecule has 1 aliphatic rings. The average molecular weight is 452 g/mol. The van der Waals surface area contributed by atoms with Gasteiger partial charge in [-0.2, -0.15) is 0 Å². The third kappa shape index (κ3) is 7.24. The molecule has 1 aliphatic heterocycles. The highest BCUT2D eigenvalue weighted by molar-refractivity contribution is 5.67. The number of hydrogen-bond acceptors (Lipinski definition) is 10. The zero-order valence-electron chi connectivity index (χ0n) is 18.5. The summed E-state index contributed by atoms with van der Waals surface area (Å²) in [6.07, 6.45) is -3.76. The first-order valence-electron chi connectivity index (χ1n) is 9.91. The highest BCUT2D eigenvalue weighted by atomic mass is 16.7. The van der Waals surface area contributed by atoms with Gasteiger partial charge < -0.3 is 33.2 Å². The molecule has 0 amide bonds. The van der Waals surface area contributed by atoms with E-state index in [-0.39, 0.29) is 13.2 Å². The normalized spacial score (nSPS) is 24.7. The molecule has 32 heavy (non-hydrogen) atoms. The van der Waals surface area contributed by atoms with Crippen LogP contribution in [0.4, 0.5) is 0 Å². The van der Waals surface area contributed by atoms with Crippen LogP contribution in [0.25, 0.3) is 0 Å². The second-order valence-corrected chi connectivity index (χ2v) is 6.87. The van der Waals surface area contributed by atoms with Crippen LogP contribution in [0.5, 0.6) is 11.5 Å². The van der Waals surface area contributed by atoms with E-state index in [0.29, 0.717) is 11.5 Å². The number of esters is 3. The molecule has 1 aromatic rings. The minimum Gasteiger partial charge on any atom is -0.497 e. The molecule has 0 aromatic heterocycles. The molecular formula is C22H28O10. The van der Waals surface area contributed by atoms with Gasteiger partial charge in [0, 0.05) is 20.8 Å². The molecule has 0 saturated carbocycles. The van der Waals surface area contributed by atoms with Gasteiger partial charge in [0.25, 0.3) is 0 Å². The van der Waals surface area contributed by atoms with Crippen LogP contribution in [0.2, 0.25) is 0 Å². The molecule has 10 heteroatoms. The predicted molar refractivity (Wildman–Crippen MR) is 110 cm³/mol. The summed E-state index contributed by atoms with van der Waals surface area (Å²) in [6, 6.07) is 6.66.